The first-order valence-corrected chi connectivity index (χ1v) is 15.7. The van der Waals surface area contributed by atoms with E-state index >= 15 is 0 Å². The van der Waals surface area contributed by atoms with E-state index in [1.807, 2.05) is 12.2 Å². The lowest BCUT2D eigenvalue weighted by molar-refractivity contribution is 0.130. The van der Waals surface area contributed by atoms with Crippen molar-refractivity contribution in [3.05, 3.63) is 21.1 Å². The summed E-state index contributed by atoms with van der Waals surface area (Å²) in [6, 6.07) is 0. The highest BCUT2D eigenvalue weighted by atomic mass is 79.9. The van der Waals surface area contributed by atoms with E-state index < -0.39 is 22.5 Å². The van der Waals surface area contributed by atoms with Crippen molar-refractivity contribution in [2.45, 2.75) is 64.6 Å². The van der Waals surface area contributed by atoms with E-state index in [9.17, 15) is 5.11 Å². The molecular formula is C17H30Br2O2Si2. The highest BCUT2D eigenvalue weighted by molar-refractivity contribution is 9.28. The Morgan fingerprint density at radius 1 is 1.13 bits per heavy atom. The molecular weight excluding hydrogens is 452 g/mol. The van der Waals surface area contributed by atoms with Gasteiger partial charge in [-0.15, -0.1) is 5.54 Å². The summed E-state index contributed by atoms with van der Waals surface area (Å²) in [6.45, 7) is 17.8. The lowest BCUT2D eigenvalue weighted by Crippen LogP contribution is -2.42. The van der Waals surface area contributed by atoms with Crippen LogP contribution in [0.15, 0.2) is 21.1 Å². The molecule has 0 aliphatic rings. The summed E-state index contributed by atoms with van der Waals surface area (Å²) in [7, 11) is -3.38. The topological polar surface area (TPSA) is 29.5 Å². The molecule has 0 saturated heterocycles. The first kappa shape index (κ1) is 23.4. The maximum Gasteiger partial charge on any atom is 0.192 e. The fourth-order valence-corrected chi connectivity index (χ4v) is 3.03. The van der Waals surface area contributed by atoms with E-state index in [1.165, 1.54) is 0 Å². The standard InChI is InChI=1S/C17H30Br2O2Si2/c1-17(2,3)23(7,8)21-13-15(20)14(9-10-16(18)19)11-12-22(4,5)6/h9-10,15,20H,13H2,1-8H3/b14-9+/t15-/m1/s1. The Balaban J connectivity index is 5.24. The number of allylic oxidation sites excluding steroid dienone is 2. The summed E-state index contributed by atoms with van der Waals surface area (Å²) in [6.07, 6.45) is 2.97. The fraction of sp³-hybridized carbons (Fsp3) is 0.647. The highest BCUT2D eigenvalue weighted by Gasteiger charge is 2.37. The molecule has 132 valence electrons. The minimum Gasteiger partial charge on any atom is -0.414 e. The number of hydrogen-bond donors (Lipinski definition) is 1. The van der Waals surface area contributed by atoms with Crippen LogP contribution >= 0.6 is 31.9 Å². The third-order valence-electron chi connectivity index (χ3n) is 3.74. The van der Waals surface area contributed by atoms with Crippen molar-refractivity contribution in [1.29, 1.82) is 0 Å². The van der Waals surface area contributed by atoms with Gasteiger partial charge in [-0.05, 0) is 62.1 Å². The molecule has 0 unspecified atom stereocenters. The van der Waals surface area contributed by atoms with E-state index in [0.717, 1.165) is 3.39 Å². The number of aliphatic hydroxyl groups excluding tert-OH is 1. The molecule has 0 heterocycles. The van der Waals surface area contributed by atoms with Gasteiger partial charge < -0.3 is 9.53 Å². The van der Waals surface area contributed by atoms with E-state index in [1.54, 1.807) is 0 Å². The molecule has 0 aliphatic carbocycles. The Morgan fingerprint density at radius 3 is 2.04 bits per heavy atom. The molecule has 1 N–H and O–H groups in total. The molecule has 0 saturated carbocycles. The maximum absolute atomic E-state index is 10.5. The summed E-state index contributed by atoms with van der Waals surface area (Å²) in [5, 5.41) is 10.7. The second-order valence-electron chi connectivity index (χ2n) is 8.17. The summed E-state index contributed by atoms with van der Waals surface area (Å²) >= 11 is 6.65. The Bertz CT molecular complexity index is 511. The number of rotatable bonds is 5. The lowest BCUT2D eigenvalue weighted by atomic mass is 10.1. The van der Waals surface area contributed by atoms with E-state index in [-0.39, 0.29) is 11.6 Å². The van der Waals surface area contributed by atoms with Crippen LogP contribution in [0.5, 0.6) is 0 Å². The monoisotopic (exact) mass is 480 g/mol. The largest absolute Gasteiger partial charge is 0.414 e. The molecule has 0 aromatic rings. The first-order valence-electron chi connectivity index (χ1n) is 7.74. The second kappa shape index (κ2) is 9.16. The Morgan fingerprint density at radius 2 is 1.65 bits per heavy atom. The number of aliphatic hydroxyl groups is 1. The zero-order valence-electron chi connectivity index (χ0n) is 15.6. The van der Waals surface area contributed by atoms with Crippen LogP contribution < -0.4 is 0 Å². The molecule has 6 heteroatoms. The molecule has 0 aromatic carbocycles. The van der Waals surface area contributed by atoms with Crippen molar-refractivity contribution in [1.82, 2.24) is 0 Å². The molecule has 0 rings (SSSR count). The molecule has 2 nitrogen and oxygen atoms in total. The second-order valence-corrected chi connectivity index (χ2v) is 20.5. The minimum atomic E-state index is -1.88. The lowest BCUT2D eigenvalue weighted by Gasteiger charge is -2.36. The van der Waals surface area contributed by atoms with Crippen molar-refractivity contribution in [3.63, 3.8) is 0 Å². The van der Waals surface area contributed by atoms with Crippen molar-refractivity contribution >= 4 is 48.3 Å². The van der Waals surface area contributed by atoms with Gasteiger partial charge in [-0.2, -0.15) is 0 Å². The van der Waals surface area contributed by atoms with Gasteiger partial charge >= 0.3 is 0 Å². The van der Waals surface area contributed by atoms with Crippen LogP contribution in [0.25, 0.3) is 0 Å². The maximum atomic E-state index is 10.5. The van der Waals surface area contributed by atoms with Crippen LogP contribution in [0.3, 0.4) is 0 Å². The van der Waals surface area contributed by atoms with Gasteiger partial charge in [0.1, 0.15) is 14.2 Å². The average molecular weight is 482 g/mol. The van der Waals surface area contributed by atoms with Crippen LogP contribution in [-0.2, 0) is 4.43 Å². The van der Waals surface area contributed by atoms with Gasteiger partial charge in [-0.25, -0.2) is 0 Å². The summed E-state index contributed by atoms with van der Waals surface area (Å²) < 4.78 is 6.94. The van der Waals surface area contributed by atoms with Crippen LogP contribution in [-0.4, -0.2) is 34.2 Å². The smallest absolute Gasteiger partial charge is 0.192 e. The summed E-state index contributed by atoms with van der Waals surface area (Å²) in [4.78, 5) is 0. The molecule has 0 aliphatic heterocycles. The summed E-state index contributed by atoms with van der Waals surface area (Å²) in [5.74, 6) is 3.16. The van der Waals surface area contributed by atoms with Crippen LogP contribution in [0, 0.1) is 11.5 Å². The third kappa shape index (κ3) is 10.1. The molecule has 0 bridgehead atoms. The Kier molecular flexibility index (Phi) is 9.30. The van der Waals surface area contributed by atoms with Crippen LogP contribution in [0.4, 0.5) is 0 Å². The summed E-state index contributed by atoms with van der Waals surface area (Å²) in [5.41, 5.74) is 4.01. The Labute approximate surface area is 161 Å². The van der Waals surface area contributed by atoms with Gasteiger partial charge in [-0.1, -0.05) is 46.3 Å². The van der Waals surface area contributed by atoms with Gasteiger partial charge in [-0.3, -0.25) is 0 Å². The molecule has 23 heavy (non-hydrogen) atoms. The van der Waals surface area contributed by atoms with Gasteiger partial charge in [0, 0.05) is 5.57 Å². The fourth-order valence-electron chi connectivity index (χ4n) is 1.24. The quantitative estimate of drug-likeness (QED) is 0.305. The van der Waals surface area contributed by atoms with Crippen molar-refractivity contribution in [3.8, 4) is 11.5 Å². The molecule has 0 aromatic heterocycles. The predicted octanol–water partition coefficient (Wildman–Crippen LogP) is 5.81. The first-order chi connectivity index (χ1) is 10.2. The molecule has 0 spiro atoms. The van der Waals surface area contributed by atoms with E-state index in [2.05, 4.69) is 96.8 Å². The van der Waals surface area contributed by atoms with Gasteiger partial charge in [0.05, 0.1) is 10.00 Å². The van der Waals surface area contributed by atoms with E-state index in [0.29, 0.717) is 5.57 Å². The zero-order valence-corrected chi connectivity index (χ0v) is 20.7. The minimum absolute atomic E-state index is 0.124. The number of halogens is 2. The molecule has 0 amide bonds. The number of hydrogen-bond acceptors (Lipinski definition) is 2. The molecule has 0 radical (unpaired) electrons. The van der Waals surface area contributed by atoms with Gasteiger partial charge in [0.2, 0.25) is 0 Å². The highest BCUT2D eigenvalue weighted by Crippen LogP contribution is 2.36. The van der Waals surface area contributed by atoms with Crippen LogP contribution in [0.2, 0.25) is 37.8 Å². The van der Waals surface area contributed by atoms with Gasteiger partial charge in [0.15, 0.2) is 8.32 Å². The van der Waals surface area contributed by atoms with Crippen molar-refractivity contribution in [2.75, 3.05) is 6.61 Å². The zero-order chi connectivity index (χ0) is 18.5. The Hall–Kier alpha value is 0.354. The third-order valence-corrected chi connectivity index (χ3v) is 9.64. The molecule has 1 atom stereocenters. The SMILES string of the molecule is CC(C)(C)[Si](C)(C)OC[C@@H](O)/C(C#C[Si](C)(C)C)=C/C=C(Br)Br. The van der Waals surface area contributed by atoms with Crippen molar-refractivity contribution in [2.24, 2.45) is 0 Å². The predicted molar refractivity (Wildman–Crippen MR) is 114 cm³/mol. The van der Waals surface area contributed by atoms with Crippen molar-refractivity contribution < 1.29 is 9.53 Å². The average Bonchev–Trinajstić information content (AvgIpc) is 2.33. The van der Waals surface area contributed by atoms with E-state index in [4.69, 9.17) is 4.43 Å². The molecule has 0 fully saturated rings. The van der Waals surface area contributed by atoms with Crippen LogP contribution in [0.1, 0.15) is 20.8 Å². The normalized spacial score (nSPS) is 14.8. The van der Waals surface area contributed by atoms with Gasteiger partial charge in [0.25, 0.3) is 0 Å².